The van der Waals surface area contributed by atoms with Crippen molar-refractivity contribution < 1.29 is 15.2 Å². The van der Waals surface area contributed by atoms with Crippen LogP contribution < -0.4 is 11.2 Å². The molecule has 0 bridgehead atoms. The van der Waals surface area contributed by atoms with Crippen molar-refractivity contribution >= 4 is 39.7 Å². The lowest BCUT2D eigenvalue weighted by molar-refractivity contribution is 0.425. The summed E-state index contributed by atoms with van der Waals surface area (Å²) in [5.74, 6) is -0.126. The van der Waals surface area contributed by atoms with Crippen LogP contribution in [0.1, 0.15) is 0 Å². The third-order valence-electron chi connectivity index (χ3n) is 2.06. The first kappa shape index (κ1) is 9.33. The van der Waals surface area contributed by atoms with Crippen molar-refractivity contribution in [2.45, 2.75) is 0 Å². The quantitative estimate of drug-likeness (QED) is 0.299. The first-order valence-electron chi connectivity index (χ1n) is 3.96. The maximum atomic E-state index is 9.42. The number of nitrogen functional groups attached to an aromatic ring is 1. The first-order chi connectivity index (χ1) is 6.61. The summed E-state index contributed by atoms with van der Waals surface area (Å²) >= 11 is 1.35. The second kappa shape index (κ2) is 3.16. The Kier molecular flexibility index (Phi) is 2.11. The molecule has 14 heavy (non-hydrogen) atoms. The molecule has 2 aromatic rings. The Balaban J connectivity index is 2.86. The Morgan fingerprint density at radius 1 is 1.36 bits per heavy atom. The molecule has 1 aromatic heterocycles. The lowest BCUT2D eigenvalue weighted by Gasteiger charge is -2.07. The van der Waals surface area contributed by atoms with Gasteiger partial charge in [-0.05, 0) is 22.9 Å². The van der Waals surface area contributed by atoms with Gasteiger partial charge in [0.15, 0.2) is 0 Å². The first-order valence-corrected chi connectivity index (χ1v) is 4.84. The average molecular weight is 209 g/mol. The van der Waals surface area contributed by atoms with E-state index in [1.165, 1.54) is 17.4 Å². The van der Waals surface area contributed by atoms with Gasteiger partial charge < -0.3 is 20.9 Å². The highest BCUT2D eigenvalue weighted by molar-refractivity contribution is 7.18. The molecule has 5 N–H and O–H groups in total. The van der Waals surface area contributed by atoms with Gasteiger partial charge in [0.2, 0.25) is 0 Å². The summed E-state index contributed by atoms with van der Waals surface area (Å²) in [7, 11) is -1.66. The molecule has 4 nitrogen and oxygen atoms in total. The van der Waals surface area contributed by atoms with E-state index in [-0.39, 0.29) is 16.9 Å². The number of phenols is 1. The Labute approximate surface area is 84.4 Å². The summed E-state index contributed by atoms with van der Waals surface area (Å²) in [5.41, 5.74) is 5.74. The number of rotatable bonds is 1. The predicted octanol–water partition coefficient (Wildman–Crippen LogP) is -0.131. The highest BCUT2D eigenvalue weighted by atomic mass is 32.1. The van der Waals surface area contributed by atoms with Gasteiger partial charge in [-0.15, -0.1) is 11.3 Å². The van der Waals surface area contributed by atoms with Gasteiger partial charge in [0, 0.05) is 10.2 Å². The number of hydrogen-bond acceptors (Lipinski definition) is 5. The van der Waals surface area contributed by atoms with E-state index in [0.717, 1.165) is 5.39 Å². The van der Waals surface area contributed by atoms with Crippen molar-refractivity contribution in [3.05, 3.63) is 17.5 Å². The zero-order valence-electron chi connectivity index (χ0n) is 7.14. The van der Waals surface area contributed by atoms with Gasteiger partial charge in [-0.3, -0.25) is 0 Å². The maximum absolute atomic E-state index is 9.42. The number of hydrogen-bond donors (Lipinski definition) is 4. The smallest absolute Gasteiger partial charge is 0.492 e. The van der Waals surface area contributed by atoms with Gasteiger partial charge in [0.05, 0.1) is 5.69 Å². The molecule has 0 aliphatic carbocycles. The molecular formula is C8H8BNO3S. The molecule has 0 saturated carbocycles. The highest BCUT2D eigenvalue weighted by Gasteiger charge is 2.21. The molecule has 72 valence electrons. The van der Waals surface area contributed by atoms with Gasteiger partial charge in [0.1, 0.15) is 5.75 Å². The minimum Gasteiger partial charge on any atom is -0.506 e. The number of phenolic OH excluding ortho intramolecular Hbond substituents is 1. The van der Waals surface area contributed by atoms with E-state index in [1.807, 2.05) is 0 Å². The maximum Gasteiger partial charge on any atom is 0.492 e. The average Bonchev–Trinajstić information content (AvgIpc) is 2.52. The van der Waals surface area contributed by atoms with Gasteiger partial charge in [0.25, 0.3) is 0 Å². The number of thiophene rings is 1. The standard InChI is InChI=1S/C8H8BNO3S/c10-7-5(11)3-4-1-2-14-8(4)6(7)9(12)13/h1-3,11-13H,10H2. The topological polar surface area (TPSA) is 86.7 Å². The number of benzene rings is 1. The van der Waals surface area contributed by atoms with Crippen LogP contribution in [0.3, 0.4) is 0 Å². The van der Waals surface area contributed by atoms with E-state index in [9.17, 15) is 5.11 Å². The zero-order chi connectivity index (χ0) is 10.3. The summed E-state index contributed by atoms with van der Waals surface area (Å²) in [4.78, 5) is 0. The summed E-state index contributed by atoms with van der Waals surface area (Å²) in [6, 6.07) is 3.29. The summed E-state index contributed by atoms with van der Waals surface area (Å²) in [5, 5.41) is 30.2. The molecule has 0 aliphatic heterocycles. The molecule has 0 fully saturated rings. The van der Waals surface area contributed by atoms with Crippen LogP contribution in [0.2, 0.25) is 0 Å². The largest absolute Gasteiger partial charge is 0.506 e. The van der Waals surface area contributed by atoms with Gasteiger partial charge >= 0.3 is 7.12 Å². The fraction of sp³-hybridized carbons (Fsp3) is 0. The molecular weight excluding hydrogens is 201 g/mol. The summed E-state index contributed by atoms with van der Waals surface area (Å²) in [6.45, 7) is 0. The van der Waals surface area contributed by atoms with Crippen molar-refractivity contribution in [3.8, 4) is 5.75 Å². The van der Waals surface area contributed by atoms with E-state index in [1.54, 1.807) is 11.4 Å². The Bertz CT molecular complexity index is 483. The number of aromatic hydroxyl groups is 1. The van der Waals surface area contributed by atoms with Crippen molar-refractivity contribution in [1.82, 2.24) is 0 Å². The Morgan fingerprint density at radius 3 is 2.71 bits per heavy atom. The second-order valence-corrected chi connectivity index (χ2v) is 3.85. The van der Waals surface area contributed by atoms with Crippen molar-refractivity contribution in [1.29, 1.82) is 0 Å². The summed E-state index contributed by atoms with van der Waals surface area (Å²) < 4.78 is 0.690. The molecule has 2 rings (SSSR count). The molecule has 0 amide bonds. The third-order valence-corrected chi connectivity index (χ3v) is 3.02. The van der Waals surface area contributed by atoms with Crippen LogP contribution in [-0.4, -0.2) is 22.3 Å². The van der Waals surface area contributed by atoms with Crippen LogP contribution in [0, 0.1) is 0 Å². The lowest BCUT2D eigenvalue weighted by Crippen LogP contribution is -2.32. The van der Waals surface area contributed by atoms with Crippen LogP contribution in [-0.2, 0) is 0 Å². The molecule has 6 heteroatoms. The fourth-order valence-electron chi connectivity index (χ4n) is 1.39. The zero-order valence-corrected chi connectivity index (χ0v) is 7.95. The van der Waals surface area contributed by atoms with Crippen molar-refractivity contribution in [3.63, 3.8) is 0 Å². The van der Waals surface area contributed by atoms with Crippen LogP contribution in [0.25, 0.3) is 10.1 Å². The van der Waals surface area contributed by atoms with Crippen LogP contribution in [0.15, 0.2) is 17.5 Å². The molecule has 0 aliphatic rings. The molecule has 0 unspecified atom stereocenters. The van der Waals surface area contributed by atoms with E-state index >= 15 is 0 Å². The minimum atomic E-state index is -1.66. The fourth-order valence-corrected chi connectivity index (χ4v) is 2.35. The van der Waals surface area contributed by atoms with E-state index in [4.69, 9.17) is 15.8 Å². The van der Waals surface area contributed by atoms with E-state index in [2.05, 4.69) is 0 Å². The number of nitrogens with two attached hydrogens (primary N) is 1. The molecule has 1 aromatic carbocycles. The molecule has 0 spiro atoms. The van der Waals surface area contributed by atoms with Gasteiger partial charge in [-0.2, -0.15) is 0 Å². The van der Waals surface area contributed by atoms with Crippen molar-refractivity contribution in [2.75, 3.05) is 5.73 Å². The Hall–Kier alpha value is -1.24. The van der Waals surface area contributed by atoms with Crippen LogP contribution >= 0.6 is 11.3 Å². The van der Waals surface area contributed by atoms with Crippen molar-refractivity contribution in [2.24, 2.45) is 0 Å². The third kappa shape index (κ3) is 1.24. The van der Waals surface area contributed by atoms with Gasteiger partial charge in [-0.25, -0.2) is 0 Å². The Morgan fingerprint density at radius 2 is 2.07 bits per heavy atom. The molecule has 0 saturated heterocycles. The van der Waals surface area contributed by atoms with Crippen LogP contribution in [0.5, 0.6) is 5.75 Å². The number of anilines is 1. The molecule has 1 heterocycles. The molecule has 0 radical (unpaired) electrons. The summed E-state index contributed by atoms with van der Waals surface area (Å²) in [6.07, 6.45) is 0. The second-order valence-electron chi connectivity index (χ2n) is 2.94. The minimum absolute atomic E-state index is 0.0231. The van der Waals surface area contributed by atoms with Gasteiger partial charge in [-0.1, -0.05) is 0 Å². The SMILES string of the molecule is Nc1c(O)cc2ccsc2c1B(O)O. The molecule has 0 atom stereocenters. The number of fused-ring (bicyclic) bond motifs is 1. The monoisotopic (exact) mass is 209 g/mol. The lowest BCUT2D eigenvalue weighted by atomic mass is 9.78. The normalized spacial score (nSPS) is 10.7. The van der Waals surface area contributed by atoms with E-state index in [0.29, 0.717) is 4.70 Å². The predicted molar refractivity (Wildman–Crippen MR) is 57.7 cm³/mol. The highest BCUT2D eigenvalue weighted by Crippen LogP contribution is 2.28. The van der Waals surface area contributed by atoms with E-state index < -0.39 is 7.12 Å². The van der Waals surface area contributed by atoms with Crippen LogP contribution in [0.4, 0.5) is 5.69 Å².